The molecule has 0 aliphatic heterocycles. The minimum atomic E-state index is 0.581. The van der Waals surface area contributed by atoms with Crippen LogP contribution >= 0.6 is 11.6 Å². The SMILES string of the molecule is CC([C]=O)=Cc1ccc(Cl)cc1. The standard InChI is InChI=1S/C10H8ClO/c1-8(7-12)6-9-2-4-10(11)5-3-9/h2-6H,1H3. The van der Waals surface area contributed by atoms with Gasteiger partial charge in [0.1, 0.15) is 0 Å². The van der Waals surface area contributed by atoms with Crippen molar-refractivity contribution in [3.05, 3.63) is 40.4 Å². The molecule has 1 radical (unpaired) electrons. The summed E-state index contributed by atoms with van der Waals surface area (Å²) in [7, 11) is 0. The van der Waals surface area contributed by atoms with Gasteiger partial charge in [-0.15, -0.1) is 0 Å². The Kier molecular flexibility index (Phi) is 3.06. The van der Waals surface area contributed by atoms with Gasteiger partial charge in [-0.2, -0.15) is 0 Å². The molecule has 0 aromatic heterocycles. The van der Waals surface area contributed by atoms with Crippen LogP contribution < -0.4 is 0 Å². The van der Waals surface area contributed by atoms with E-state index in [-0.39, 0.29) is 0 Å². The number of benzene rings is 1. The molecular formula is C10H8ClO. The number of halogens is 1. The molecule has 0 aliphatic carbocycles. The van der Waals surface area contributed by atoms with Gasteiger partial charge >= 0.3 is 0 Å². The van der Waals surface area contributed by atoms with Gasteiger partial charge in [0.15, 0.2) is 0 Å². The van der Waals surface area contributed by atoms with Crippen LogP contribution in [0, 0.1) is 0 Å². The Labute approximate surface area is 76.7 Å². The van der Waals surface area contributed by atoms with Gasteiger partial charge in [0.25, 0.3) is 0 Å². The molecule has 0 amide bonds. The van der Waals surface area contributed by atoms with Gasteiger partial charge in [-0.3, -0.25) is 4.79 Å². The second kappa shape index (κ2) is 4.07. The van der Waals surface area contributed by atoms with Crippen molar-refractivity contribution in [3.8, 4) is 0 Å². The molecule has 1 rings (SSSR count). The van der Waals surface area contributed by atoms with E-state index in [4.69, 9.17) is 11.6 Å². The third kappa shape index (κ3) is 2.51. The molecule has 0 fully saturated rings. The third-order valence-electron chi connectivity index (χ3n) is 1.41. The fourth-order valence-electron chi connectivity index (χ4n) is 0.838. The lowest BCUT2D eigenvalue weighted by atomic mass is 10.1. The summed E-state index contributed by atoms with van der Waals surface area (Å²) in [5.74, 6) is 0. The lowest BCUT2D eigenvalue weighted by Gasteiger charge is -1.93. The van der Waals surface area contributed by atoms with Crippen molar-refractivity contribution >= 4 is 24.0 Å². The Balaban J connectivity index is 2.91. The van der Waals surface area contributed by atoms with Crippen LogP contribution in [-0.4, -0.2) is 6.29 Å². The summed E-state index contributed by atoms with van der Waals surface area (Å²) in [6.45, 7) is 1.71. The molecule has 0 heterocycles. The van der Waals surface area contributed by atoms with E-state index in [9.17, 15) is 4.79 Å². The lowest BCUT2D eigenvalue weighted by Crippen LogP contribution is -1.76. The van der Waals surface area contributed by atoms with Crippen LogP contribution in [0.15, 0.2) is 29.8 Å². The lowest BCUT2D eigenvalue weighted by molar-refractivity contribution is 0.562. The van der Waals surface area contributed by atoms with E-state index < -0.39 is 0 Å². The molecule has 0 saturated heterocycles. The predicted molar refractivity (Wildman–Crippen MR) is 50.8 cm³/mol. The zero-order valence-corrected chi connectivity index (χ0v) is 7.43. The summed E-state index contributed by atoms with van der Waals surface area (Å²) < 4.78 is 0. The Morgan fingerprint density at radius 1 is 1.42 bits per heavy atom. The molecule has 1 aromatic rings. The van der Waals surface area contributed by atoms with E-state index in [2.05, 4.69) is 0 Å². The van der Waals surface area contributed by atoms with Crippen molar-refractivity contribution in [3.63, 3.8) is 0 Å². The number of carbonyl (C=O) groups excluding carboxylic acids is 1. The molecule has 0 unspecified atom stereocenters. The fraction of sp³-hybridized carbons (Fsp3) is 0.100. The molecule has 2 heteroatoms. The van der Waals surface area contributed by atoms with Crippen LogP contribution in [0.4, 0.5) is 0 Å². The van der Waals surface area contributed by atoms with Crippen molar-refractivity contribution in [2.45, 2.75) is 6.92 Å². The highest BCUT2D eigenvalue weighted by atomic mass is 35.5. The number of rotatable bonds is 2. The summed E-state index contributed by atoms with van der Waals surface area (Å²) >= 11 is 5.68. The summed E-state index contributed by atoms with van der Waals surface area (Å²) in [5, 5.41) is 0.694. The van der Waals surface area contributed by atoms with Crippen LogP contribution in [0.2, 0.25) is 5.02 Å². The zero-order chi connectivity index (χ0) is 8.97. The Morgan fingerprint density at radius 2 is 2.00 bits per heavy atom. The Bertz CT molecular complexity index is 298. The van der Waals surface area contributed by atoms with Gasteiger partial charge in [-0.05, 0) is 30.7 Å². The van der Waals surface area contributed by atoms with Gasteiger partial charge in [0.05, 0.1) is 0 Å². The molecular weight excluding hydrogens is 172 g/mol. The summed E-state index contributed by atoms with van der Waals surface area (Å²) in [6.07, 6.45) is 3.56. The first-order chi connectivity index (χ1) is 5.72. The highest BCUT2D eigenvalue weighted by Crippen LogP contribution is 2.11. The number of allylic oxidation sites excluding steroid dienone is 1. The van der Waals surface area contributed by atoms with Crippen LogP contribution in [0.5, 0.6) is 0 Å². The molecule has 0 aliphatic rings. The van der Waals surface area contributed by atoms with Crippen molar-refractivity contribution in [1.82, 2.24) is 0 Å². The largest absolute Gasteiger partial charge is 0.285 e. The van der Waals surface area contributed by atoms with Gasteiger partial charge in [0.2, 0.25) is 6.29 Å². The normalized spacial score (nSPS) is 11.3. The van der Waals surface area contributed by atoms with E-state index in [1.807, 2.05) is 12.1 Å². The minimum Gasteiger partial charge on any atom is -0.285 e. The molecule has 1 aromatic carbocycles. The topological polar surface area (TPSA) is 17.1 Å². The highest BCUT2D eigenvalue weighted by Gasteiger charge is 1.90. The van der Waals surface area contributed by atoms with E-state index in [1.165, 1.54) is 0 Å². The molecule has 0 bridgehead atoms. The maximum absolute atomic E-state index is 10.2. The molecule has 0 spiro atoms. The molecule has 0 atom stereocenters. The van der Waals surface area contributed by atoms with Crippen LogP contribution in [0.25, 0.3) is 6.08 Å². The van der Waals surface area contributed by atoms with Crippen LogP contribution in [-0.2, 0) is 4.79 Å². The first-order valence-electron chi connectivity index (χ1n) is 3.54. The smallest absolute Gasteiger partial charge is 0.228 e. The van der Waals surface area contributed by atoms with E-state index in [1.54, 1.807) is 31.4 Å². The van der Waals surface area contributed by atoms with E-state index in [0.717, 1.165) is 5.56 Å². The highest BCUT2D eigenvalue weighted by molar-refractivity contribution is 6.30. The summed E-state index contributed by atoms with van der Waals surface area (Å²) in [6, 6.07) is 7.27. The number of hydrogen-bond acceptors (Lipinski definition) is 1. The van der Waals surface area contributed by atoms with E-state index in [0.29, 0.717) is 10.6 Å². The molecule has 0 saturated carbocycles. The zero-order valence-electron chi connectivity index (χ0n) is 6.67. The van der Waals surface area contributed by atoms with Crippen LogP contribution in [0.1, 0.15) is 12.5 Å². The minimum absolute atomic E-state index is 0.581. The molecule has 12 heavy (non-hydrogen) atoms. The Hall–Kier alpha value is -1.08. The second-order valence-corrected chi connectivity index (χ2v) is 2.92. The van der Waals surface area contributed by atoms with Gasteiger partial charge in [-0.25, -0.2) is 0 Å². The third-order valence-corrected chi connectivity index (χ3v) is 1.67. The second-order valence-electron chi connectivity index (χ2n) is 2.48. The molecule has 0 N–H and O–H groups in total. The maximum Gasteiger partial charge on any atom is 0.228 e. The first-order valence-corrected chi connectivity index (χ1v) is 3.92. The molecule has 1 nitrogen and oxygen atoms in total. The predicted octanol–water partition coefficient (Wildman–Crippen LogP) is 2.85. The average molecular weight is 180 g/mol. The van der Waals surface area contributed by atoms with Gasteiger partial charge in [-0.1, -0.05) is 23.7 Å². The van der Waals surface area contributed by atoms with Crippen molar-refractivity contribution in [2.75, 3.05) is 0 Å². The van der Waals surface area contributed by atoms with Crippen molar-refractivity contribution in [1.29, 1.82) is 0 Å². The van der Waals surface area contributed by atoms with Gasteiger partial charge in [0, 0.05) is 10.6 Å². The monoisotopic (exact) mass is 179 g/mol. The first kappa shape index (κ1) is 9.01. The summed E-state index contributed by atoms with van der Waals surface area (Å²) in [4.78, 5) is 10.2. The van der Waals surface area contributed by atoms with Gasteiger partial charge < -0.3 is 0 Å². The molecule has 61 valence electrons. The average Bonchev–Trinajstić information content (AvgIpc) is 2.09. The fourth-order valence-corrected chi connectivity index (χ4v) is 0.964. The maximum atomic E-state index is 10.2. The van der Waals surface area contributed by atoms with E-state index >= 15 is 0 Å². The number of hydrogen-bond donors (Lipinski definition) is 0. The quantitative estimate of drug-likeness (QED) is 0.638. The van der Waals surface area contributed by atoms with Crippen molar-refractivity contribution < 1.29 is 4.79 Å². The Morgan fingerprint density at radius 3 is 2.50 bits per heavy atom. The summed E-state index contributed by atoms with van der Waals surface area (Å²) in [5.41, 5.74) is 1.54. The van der Waals surface area contributed by atoms with Crippen LogP contribution in [0.3, 0.4) is 0 Å². The van der Waals surface area contributed by atoms with Crippen molar-refractivity contribution in [2.24, 2.45) is 0 Å².